The van der Waals surface area contributed by atoms with Crippen LogP contribution in [0.1, 0.15) is 37.5 Å². The van der Waals surface area contributed by atoms with Crippen molar-refractivity contribution in [3.8, 4) is 0 Å². The Morgan fingerprint density at radius 1 is 0.724 bits per heavy atom. The van der Waals surface area contributed by atoms with Crippen LogP contribution in [0.15, 0.2) is 97.2 Å². The summed E-state index contributed by atoms with van der Waals surface area (Å²) in [5, 5.41) is 0. The maximum absolute atomic E-state index is 13.4. The predicted octanol–water partition coefficient (Wildman–Crippen LogP) is 4.58. The van der Waals surface area contributed by atoms with Gasteiger partial charge in [0.25, 0.3) is 0 Å². The first kappa shape index (κ1) is 18.4. The van der Waals surface area contributed by atoms with Crippen molar-refractivity contribution in [2.45, 2.75) is 6.54 Å². The van der Waals surface area contributed by atoms with E-state index in [4.69, 9.17) is 5.73 Å². The molecule has 0 unspecified atom stereocenters. The first-order valence-electron chi connectivity index (χ1n) is 9.37. The molecule has 1 aromatic heterocycles. The molecule has 4 aromatic rings. The van der Waals surface area contributed by atoms with Gasteiger partial charge in [-0.25, -0.2) is 0 Å². The molecule has 0 amide bonds. The fourth-order valence-corrected chi connectivity index (χ4v) is 3.42. The van der Waals surface area contributed by atoms with E-state index in [-0.39, 0.29) is 17.1 Å². The van der Waals surface area contributed by atoms with Gasteiger partial charge in [-0.05, 0) is 23.8 Å². The monoisotopic (exact) mass is 380 g/mol. The first-order valence-corrected chi connectivity index (χ1v) is 9.37. The number of ketones is 2. The third-order valence-corrected chi connectivity index (χ3v) is 4.86. The van der Waals surface area contributed by atoms with Gasteiger partial charge in [-0.1, -0.05) is 72.8 Å². The lowest BCUT2D eigenvalue weighted by atomic mass is 9.93. The molecule has 0 aliphatic heterocycles. The smallest absolute Gasteiger partial charge is 0.212 e. The van der Waals surface area contributed by atoms with E-state index < -0.39 is 0 Å². The van der Waals surface area contributed by atoms with Crippen molar-refractivity contribution in [1.29, 1.82) is 0 Å². The molecular weight excluding hydrogens is 360 g/mol. The third kappa shape index (κ3) is 3.73. The van der Waals surface area contributed by atoms with E-state index in [0.717, 1.165) is 5.56 Å². The van der Waals surface area contributed by atoms with Crippen molar-refractivity contribution in [1.82, 2.24) is 4.57 Å². The standard InChI is InChI=1S/C25H20N2O2/c26-21-14-7-13-20(24(28)19-11-5-2-6-12-19)23(21)25(29)22-15-8-16-27(22)17-18-9-3-1-4-10-18/h1-16H,17,26H2. The van der Waals surface area contributed by atoms with Crippen LogP contribution in [-0.2, 0) is 6.54 Å². The van der Waals surface area contributed by atoms with Gasteiger partial charge in [0.05, 0.1) is 11.3 Å². The molecule has 4 nitrogen and oxygen atoms in total. The quantitative estimate of drug-likeness (QED) is 0.393. The van der Waals surface area contributed by atoms with Gasteiger partial charge in [0.2, 0.25) is 5.78 Å². The van der Waals surface area contributed by atoms with E-state index in [2.05, 4.69) is 0 Å². The molecule has 4 heteroatoms. The van der Waals surface area contributed by atoms with E-state index >= 15 is 0 Å². The Balaban J connectivity index is 1.74. The number of anilines is 1. The molecule has 142 valence electrons. The second-order valence-electron chi connectivity index (χ2n) is 6.80. The molecule has 3 aromatic carbocycles. The highest BCUT2D eigenvalue weighted by molar-refractivity contribution is 6.21. The number of rotatable bonds is 6. The summed E-state index contributed by atoms with van der Waals surface area (Å²) >= 11 is 0. The summed E-state index contributed by atoms with van der Waals surface area (Å²) in [5.41, 5.74) is 9.12. The lowest BCUT2D eigenvalue weighted by Crippen LogP contribution is -2.17. The van der Waals surface area contributed by atoms with Gasteiger partial charge in [-0.3, -0.25) is 9.59 Å². The number of aromatic nitrogens is 1. The van der Waals surface area contributed by atoms with Crippen molar-refractivity contribution in [3.63, 3.8) is 0 Å². The van der Waals surface area contributed by atoms with Crippen molar-refractivity contribution in [3.05, 3.63) is 125 Å². The molecular formula is C25H20N2O2. The first-order chi connectivity index (χ1) is 14.1. The number of carbonyl (C=O) groups excluding carboxylic acids is 2. The SMILES string of the molecule is Nc1cccc(C(=O)c2ccccc2)c1C(=O)c1cccn1Cc1ccccc1. The van der Waals surface area contributed by atoms with Gasteiger partial charge in [0.15, 0.2) is 5.78 Å². The fraction of sp³-hybridized carbons (Fsp3) is 0.0400. The summed E-state index contributed by atoms with van der Waals surface area (Å²) in [5.74, 6) is -0.481. The number of hydrogen-bond donors (Lipinski definition) is 1. The number of nitrogens with zero attached hydrogens (tertiary/aromatic N) is 1. The third-order valence-electron chi connectivity index (χ3n) is 4.86. The summed E-state index contributed by atoms with van der Waals surface area (Å²) in [6.45, 7) is 0.559. The average Bonchev–Trinajstić information content (AvgIpc) is 3.22. The molecule has 0 bridgehead atoms. The summed E-state index contributed by atoms with van der Waals surface area (Å²) in [6.07, 6.45) is 1.86. The highest BCUT2D eigenvalue weighted by Crippen LogP contribution is 2.24. The molecule has 4 rings (SSSR count). The summed E-state index contributed by atoms with van der Waals surface area (Å²) in [6, 6.07) is 27.4. The molecule has 0 radical (unpaired) electrons. The molecule has 29 heavy (non-hydrogen) atoms. The molecule has 1 heterocycles. The van der Waals surface area contributed by atoms with Gasteiger partial charge in [-0.15, -0.1) is 0 Å². The highest BCUT2D eigenvalue weighted by Gasteiger charge is 2.23. The minimum absolute atomic E-state index is 0.220. The van der Waals surface area contributed by atoms with Crippen molar-refractivity contribution < 1.29 is 9.59 Å². The molecule has 2 N–H and O–H groups in total. The van der Waals surface area contributed by atoms with Crippen molar-refractivity contribution in [2.24, 2.45) is 0 Å². The molecule has 0 aliphatic carbocycles. The zero-order valence-electron chi connectivity index (χ0n) is 15.8. The molecule has 0 saturated heterocycles. The Labute approximate surface area is 169 Å². The van der Waals surface area contributed by atoms with Crippen LogP contribution in [0.3, 0.4) is 0 Å². The van der Waals surface area contributed by atoms with Crippen LogP contribution in [0.25, 0.3) is 0 Å². The van der Waals surface area contributed by atoms with Crippen LogP contribution in [0, 0.1) is 0 Å². The van der Waals surface area contributed by atoms with Crippen molar-refractivity contribution >= 4 is 17.3 Å². The van der Waals surface area contributed by atoms with Crippen molar-refractivity contribution in [2.75, 3.05) is 5.73 Å². The van der Waals surface area contributed by atoms with Gasteiger partial charge >= 0.3 is 0 Å². The minimum Gasteiger partial charge on any atom is -0.398 e. The maximum Gasteiger partial charge on any atom is 0.212 e. The van der Waals surface area contributed by atoms with Crippen LogP contribution < -0.4 is 5.73 Å². The Morgan fingerprint density at radius 3 is 2.14 bits per heavy atom. The Morgan fingerprint density at radius 2 is 1.41 bits per heavy atom. The van der Waals surface area contributed by atoms with Crippen LogP contribution in [0.5, 0.6) is 0 Å². The second-order valence-corrected chi connectivity index (χ2v) is 6.80. The van der Waals surface area contributed by atoms with Gasteiger partial charge in [-0.2, -0.15) is 0 Å². The Hall–Kier alpha value is -3.92. The zero-order chi connectivity index (χ0) is 20.2. The molecule has 0 atom stereocenters. The number of nitrogen functional groups attached to an aromatic ring is 1. The predicted molar refractivity (Wildman–Crippen MR) is 114 cm³/mol. The normalized spacial score (nSPS) is 10.6. The molecule has 0 saturated carbocycles. The summed E-state index contributed by atoms with van der Waals surface area (Å²) < 4.78 is 1.88. The Bertz CT molecular complexity index is 1160. The minimum atomic E-state index is -0.261. The van der Waals surface area contributed by atoms with E-state index in [1.807, 2.05) is 53.2 Å². The van der Waals surface area contributed by atoms with Crippen LogP contribution >= 0.6 is 0 Å². The van der Waals surface area contributed by atoms with Gasteiger partial charge < -0.3 is 10.3 Å². The topological polar surface area (TPSA) is 65.1 Å². The average molecular weight is 380 g/mol. The van der Waals surface area contributed by atoms with Crippen LogP contribution in [0.4, 0.5) is 5.69 Å². The number of nitrogens with two attached hydrogens (primary N) is 1. The number of carbonyl (C=O) groups is 2. The van der Waals surface area contributed by atoms with Gasteiger partial charge in [0, 0.05) is 29.6 Å². The number of benzene rings is 3. The van der Waals surface area contributed by atoms with E-state index in [0.29, 0.717) is 29.1 Å². The molecule has 0 fully saturated rings. The van der Waals surface area contributed by atoms with E-state index in [9.17, 15) is 9.59 Å². The maximum atomic E-state index is 13.4. The van der Waals surface area contributed by atoms with E-state index in [1.54, 1.807) is 48.5 Å². The fourth-order valence-electron chi connectivity index (χ4n) is 3.42. The summed E-state index contributed by atoms with van der Waals surface area (Å²) in [4.78, 5) is 26.5. The second kappa shape index (κ2) is 7.98. The molecule has 0 aliphatic rings. The Kier molecular flexibility index (Phi) is 5.08. The lowest BCUT2D eigenvalue weighted by Gasteiger charge is -2.13. The van der Waals surface area contributed by atoms with Crippen LogP contribution in [-0.4, -0.2) is 16.1 Å². The molecule has 0 spiro atoms. The van der Waals surface area contributed by atoms with Gasteiger partial charge in [0.1, 0.15) is 0 Å². The zero-order valence-corrected chi connectivity index (χ0v) is 15.8. The summed E-state index contributed by atoms with van der Waals surface area (Å²) in [7, 11) is 0. The van der Waals surface area contributed by atoms with E-state index in [1.165, 1.54) is 0 Å². The largest absolute Gasteiger partial charge is 0.398 e. The highest BCUT2D eigenvalue weighted by atomic mass is 16.1. The van der Waals surface area contributed by atoms with Crippen LogP contribution in [0.2, 0.25) is 0 Å². The lowest BCUT2D eigenvalue weighted by molar-refractivity contribution is 0.0999. The number of hydrogen-bond acceptors (Lipinski definition) is 3.